The highest BCUT2D eigenvalue weighted by molar-refractivity contribution is 4.89. The summed E-state index contributed by atoms with van der Waals surface area (Å²) in [6.07, 6.45) is 9.45. The molecule has 1 aliphatic carbocycles. The Hall–Kier alpha value is -0.0800. The van der Waals surface area contributed by atoms with Gasteiger partial charge >= 0.3 is 0 Å². The zero-order valence-electron chi connectivity index (χ0n) is 11.8. The maximum atomic E-state index is 6.15. The molecular weight excluding hydrogens is 208 g/mol. The molecule has 1 heterocycles. The van der Waals surface area contributed by atoms with E-state index in [1.54, 1.807) is 0 Å². The molecule has 2 rings (SSSR count). The van der Waals surface area contributed by atoms with Crippen LogP contribution in [-0.4, -0.2) is 30.6 Å². The van der Waals surface area contributed by atoms with E-state index in [1.165, 1.54) is 64.6 Å². The molecule has 17 heavy (non-hydrogen) atoms. The molecule has 0 aromatic heterocycles. The van der Waals surface area contributed by atoms with E-state index in [9.17, 15) is 0 Å². The van der Waals surface area contributed by atoms with Crippen LogP contribution in [0.3, 0.4) is 0 Å². The first kappa shape index (κ1) is 13.4. The van der Waals surface area contributed by atoms with Crippen LogP contribution in [0.5, 0.6) is 0 Å². The summed E-state index contributed by atoms with van der Waals surface area (Å²) in [6.45, 7) is 8.67. The summed E-state index contributed by atoms with van der Waals surface area (Å²) in [5, 5.41) is 0. The topological polar surface area (TPSA) is 29.3 Å². The third-order valence-electron chi connectivity index (χ3n) is 5.55. The average Bonchev–Trinajstić information content (AvgIpc) is 2.94. The predicted molar refractivity (Wildman–Crippen MR) is 74.0 cm³/mol. The Bertz CT molecular complexity index is 235. The van der Waals surface area contributed by atoms with Crippen molar-refractivity contribution in [2.24, 2.45) is 17.1 Å². The van der Waals surface area contributed by atoms with Gasteiger partial charge in [0.25, 0.3) is 0 Å². The SMILES string of the molecule is CCC1(CC)CCN(CCC2CCCC2N)C1. The van der Waals surface area contributed by atoms with Crippen molar-refractivity contribution in [3.8, 4) is 0 Å². The van der Waals surface area contributed by atoms with Crippen LogP contribution in [-0.2, 0) is 0 Å². The molecule has 2 atom stereocenters. The number of hydrogen-bond acceptors (Lipinski definition) is 2. The smallest absolute Gasteiger partial charge is 0.00676 e. The minimum atomic E-state index is 0.500. The van der Waals surface area contributed by atoms with E-state index in [4.69, 9.17) is 5.73 Å². The van der Waals surface area contributed by atoms with Gasteiger partial charge in [-0.05, 0) is 62.9 Å². The second kappa shape index (κ2) is 5.71. The van der Waals surface area contributed by atoms with Crippen LogP contribution in [0.1, 0.15) is 58.8 Å². The normalized spacial score (nSPS) is 33.4. The second-order valence-corrected chi connectivity index (χ2v) is 6.38. The van der Waals surface area contributed by atoms with Crippen molar-refractivity contribution >= 4 is 0 Å². The average molecular weight is 238 g/mol. The van der Waals surface area contributed by atoms with Gasteiger partial charge in [0.1, 0.15) is 0 Å². The van der Waals surface area contributed by atoms with Gasteiger partial charge in [-0.2, -0.15) is 0 Å². The molecule has 0 amide bonds. The monoisotopic (exact) mass is 238 g/mol. The van der Waals surface area contributed by atoms with Gasteiger partial charge in [0.2, 0.25) is 0 Å². The van der Waals surface area contributed by atoms with Gasteiger partial charge in [-0.25, -0.2) is 0 Å². The summed E-state index contributed by atoms with van der Waals surface area (Å²) >= 11 is 0. The minimum Gasteiger partial charge on any atom is -0.327 e. The summed E-state index contributed by atoms with van der Waals surface area (Å²) in [6, 6.07) is 0.500. The zero-order valence-corrected chi connectivity index (χ0v) is 11.8. The molecule has 100 valence electrons. The maximum absolute atomic E-state index is 6.15. The van der Waals surface area contributed by atoms with Crippen molar-refractivity contribution in [3.63, 3.8) is 0 Å². The number of nitrogens with two attached hydrogens (primary N) is 1. The predicted octanol–water partition coefficient (Wildman–Crippen LogP) is 3.02. The first-order chi connectivity index (χ1) is 8.19. The summed E-state index contributed by atoms with van der Waals surface area (Å²) < 4.78 is 0. The molecule has 1 aliphatic heterocycles. The third kappa shape index (κ3) is 3.03. The first-order valence-corrected chi connectivity index (χ1v) is 7.67. The van der Waals surface area contributed by atoms with E-state index in [0.717, 1.165) is 5.92 Å². The number of rotatable bonds is 5. The molecule has 0 radical (unpaired) electrons. The Kier molecular flexibility index (Phi) is 4.48. The van der Waals surface area contributed by atoms with Gasteiger partial charge in [-0.1, -0.05) is 20.3 Å². The molecule has 0 aromatic rings. The summed E-state index contributed by atoms with van der Waals surface area (Å²) in [5.41, 5.74) is 6.79. The molecule has 2 heteroatoms. The van der Waals surface area contributed by atoms with Gasteiger partial charge in [0, 0.05) is 12.6 Å². The van der Waals surface area contributed by atoms with Crippen LogP contribution in [0, 0.1) is 11.3 Å². The Morgan fingerprint density at radius 1 is 1.24 bits per heavy atom. The summed E-state index contributed by atoms with van der Waals surface area (Å²) in [4.78, 5) is 2.69. The van der Waals surface area contributed by atoms with Gasteiger partial charge in [-0.15, -0.1) is 0 Å². The third-order valence-corrected chi connectivity index (χ3v) is 5.55. The van der Waals surface area contributed by atoms with E-state index in [-0.39, 0.29) is 0 Å². The lowest BCUT2D eigenvalue weighted by Gasteiger charge is -2.27. The number of hydrogen-bond donors (Lipinski definition) is 1. The van der Waals surface area contributed by atoms with Crippen LogP contribution in [0.4, 0.5) is 0 Å². The molecule has 2 N–H and O–H groups in total. The fourth-order valence-electron chi connectivity index (χ4n) is 3.82. The van der Waals surface area contributed by atoms with Crippen molar-refractivity contribution in [2.45, 2.75) is 64.8 Å². The zero-order chi connectivity index (χ0) is 12.3. The van der Waals surface area contributed by atoms with Crippen LogP contribution in [0.2, 0.25) is 0 Å². The lowest BCUT2D eigenvalue weighted by molar-refractivity contribution is 0.228. The quantitative estimate of drug-likeness (QED) is 0.798. The number of nitrogens with zero attached hydrogens (tertiary/aromatic N) is 1. The second-order valence-electron chi connectivity index (χ2n) is 6.38. The fourth-order valence-corrected chi connectivity index (χ4v) is 3.82. The highest BCUT2D eigenvalue weighted by atomic mass is 15.2. The molecule has 1 saturated heterocycles. The summed E-state index contributed by atoms with van der Waals surface area (Å²) in [5.74, 6) is 0.813. The van der Waals surface area contributed by atoms with Crippen LogP contribution in [0.15, 0.2) is 0 Å². The van der Waals surface area contributed by atoms with E-state index < -0.39 is 0 Å². The Balaban J connectivity index is 1.74. The molecule has 2 aliphatic rings. The Labute approximate surface area is 107 Å². The molecule has 2 fully saturated rings. The maximum Gasteiger partial charge on any atom is 0.00676 e. The Morgan fingerprint density at radius 2 is 2.00 bits per heavy atom. The van der Waals surface area contributed by atoms with Crippen LogP contribution < -0.4 is 5.73 Å². The summed E-state index contributed by atoms with van der Waals surface area (Å²) in [7, 11) is 0. The van der Waals surface area contributed by atoms with Crippen molar-refractivity contribution in [2.75, 3.05) is 19.6 Å². The highest BCUT2D eigenvalue weighted by Gasteiger charge is 2.35. The van der Waals surface area contributed by atoms with Crippen molar-refractivity contribution in [3.05, 3.63) is 0 Å². The minimum absolute atomic E-state index is 0.500. The van der Waals surface area contributed by atoms with Gasteiger partial charge in [-0.3, -0.25) is 0 Å². The lowest BCUT2D eigenvalue weighted by atomic mass is 9.82. The van der Waals surface area contributed by atoms with Gasteiger partial charge in [0.05, 0.1) is 0 Å². The molecule has 2 unspecified atom stereocenters. The Morgan fingerprint density at radius 3 is 2.53 bits per heavy atom. The standard InChI is InChI=1S/C15H30N2/c1-3-15(4-2)9-11-17(12-15)10-8-13-6-5-7-14(13)16/h13-14H,3-12,16H2,1-2H3. The van der Waals surface area contributed by atoms with Crippen molar-refractivity contribution in [1.29, 1.82) is 0 Å². The molecule has 0 spiro atoms. The van der Waals surface area contributed by atoms with Crippen molar-refractivity contribution in [1.82, 2.24) is 4.90 Å². The van der Waals surface area contributed by atoms with Gasteiger partial charge in [0.15, 0.2) is 0 Å². The van der Waals surface area contributed by atoms with E-state index >= 15 is 0 Å². The largest absolute Gasteiger partial charge is 0.327 e. The molecule has 0 aromatic carbocycles. The fraction of sp³-hybridized carbons (Fsp3) is 1.00. The van der Waals surface area contributed by atoms with Crippen LogP contribution >= 0.6 is 0 Å². The van der Waals surface area contributed by atoms with Gasteiger partial charge < -0.3 is 10.6 Å². The van der Waals surface area contributed by atoms with E-state index in [2.05, 4.69) is 18.7 Å². The van der Waals surface area contributed by atoms with E-state index in [0.29, 0.717) is 11.5 Å². The highest BCUT2D eigenvalue weighted by Crippen LogP contribution is 2.37. The number of likely N-dealkylation sites (tertiary alicyclic amines) is 1. The molecule has 0 bridgehead atoms. The molecule has 2 nitrogen and oxygen atoms in total. The van der Waals surface area contributed by atoms with Crippen LogP contribution in [0.25, 0.3) is 0 Å². The van der Waals surface area contributed by atoms with Crippen molar-refractivity contribution < 1.29 is 0 Å². The lowest BCUT2D eigenvalue weighted by Crippen LogP contribution is -2.31. The molecule has 1 saturated carbocycles. The van der Waals surface area contributed by atoms with E-state index in [1.807, 2.05) is 0 Å². The molecular formula is C15H30N2. The first-order valence-electron chi connectivity index (χ1n) is 7.67.